The Bertz CT molecular complexity index is 827. The Morgan fingerprint density at radius 1 is 1.37 bits per heavy atom. The van der Waals surface area contributed by atoms with E-state index in [1.165, 1.54) is 12.5 Å². The Morgan fingerprint density at radius 3 is 2.93 bits per heavy atom. The number of hydrogen-bond donors (Lipinski definition) is 3. The van der Waals surface area contributed by atoms with Crippen LogP contribution >= 0.6 is 0 Å². The fourth-order valence-corrected chi connectivity index (χ4v) is 5.84. The third-order valence-electron chi connectivity index (χ3n) is 7.09. The monoisotopic (exact) mass is 374 g/mol. The number of esters is 1. The Balaban J connectivity index is 1.64. The first-order chi connectivity index (χ1) is 12.9. The van der Waals surface area contributed by atoms with Gasteiger partial charge in [-0.2, -0.15) is 0 Å². The van der Waals surface area contributed by atoms with E-state index >= 15 is 0 Å². The molecule has 0 aromatic carbocycles. The molecule has 7 nitrogen and oxygen atoms in total. The zero-order valence-electron chi connectivity index (χ0n) is 14.7. The van der Waals surface area contributed by atoms with E-state index in [0.717, 1.165) is 0 Å². The third kappa shape index (κ3) is 2.03. The van der Waals surface area contributed by atoms with Crippen molar-refractivity contribution in [3.8, 4) is 0 Å². The van der Waals surface area contributed by atoms with Crippen LogP contribution in [0.15, 0.2) is 46.8 Å². The van der Waals surface area contributed by atoms with Crippen LogP contribution in [0.2, 0.25) is 0 Å². The molecule has 27 heavy (non-hydrogen) atoms. The van der Waals surface area contributed by atoms with E-state index in [1.54, 1.807) is 12.1 Å². The molecule has 0 radical (unpaired) electrons. The van der Waals surface area contributed by atoms with Crippen LogP contribution in [0.1, 0.15) is 30.9 Å². The summed E-state index contributed by atoms with van der Waals surface area (Å²) in [7, 11) is 0. The van der Waals surface area contributed by atoms with Crippen molar-refractivity contribution in [2.24, 2.45) is 16.7 Å². The van der Waals surface area contributed by atoms with E-state index in [4.69, 9.17) is 13.9 Å². The lowest BCUT2D eigenvalue weighted by molar-refractivity contribution is -0.284. The maximum absolute atomic E-state index is 12.5. The smallest absolute Gasteiger partial charge is 0.334 e. The van der Waals surface area contributed by atoms with Gasteiger partial charge in [0.2, 0.25) is 0 Å². The molecule has 3 N–H and O–H groups in total. The topological polar surface area (TPSA) is 109 Å². The van der Waals surface area contributed by atoms with Gasteiger partial charge in [0.1, 0.15) is 6.10 Å². The van der Waals surface area contributed by atoms with Crippen LogP contribution in [0.4, 0.5) is 0 Å². The largest absolute Gasteiger partial charge is 0.472 e. The minimum absolute atomic E-state index is 0.143. The molecule has 2 saturated heterocycles. The van der Waals surface area contributed by atoms with Crippen LogP contribution < -0.4 is 0 Å². The van der Waals surface area contributed by atoms with Crippen molar-refractivity contribution in [2.45, 2.75) is 43.9 Å². The summed E-state index contributed by atoms with van der Waals surface area (Å²) in [5, 5.41) is 32.2. The van der Waals surface area contributed by atoms with Crippen LogP contribution in [-0.2, 0) is 14.3 Å². The van der Waals surface area contributed by atoms with E-state index < -0.39 is 41.4 Å². The van der Waals surface area contributed by atoms with Gasteiger partial charge in [-0.15, -0.1) is 0 Å². The maximum Gasteiger partial charge on any atom is 0.334 e. The van der Waals surface area contributed by atoms with Gasteiger partial charge in [-0.05, 0) is 30.9 Å². The van der Waals surface area contributed by atoms with E-state index in [1.807, 2.05) is 0 Å². The number of aliphatic hydroxyl groups excluding tert-OH is 3. The predicted octanol–water partition coefficient (Wildman–Crippen LogP) is 1.22. The number of hydrogen-bond acceptors (Lipinski definition) is 7. The van der Waals surface area contributed by atoms with Crippen LogP contribution in [0.5, 0.6) is 0 Å². The molecule has 5 rings (SSSR count). The molecule has 2 aliphatic heterocycles. The number of furan rings is 1. The van der Waals surface area contributed by atoms with Crippen molar-refractivity contribution in [3.63, 3.8) is 0 Å². The summed E-state index contributed by atoms with van der Waals surface area (Å²) in [5.74, 6) is -0.772. The van der Waals surface area contributed by atoms with Gasteiger partial charge < -0.3 is 29.2 Å². The molecule has 3 fully saturated rings. The molecule has 1 spiro atoms. The number of carbonyl (C=O) groups is 1. The van der Waals surface area contributed by atoms with Gasteiger partial charge in [-0.3, -0.25) is 0 Å². The van der Waals surface area contributed by atoms with Gasteiger partial charge in [0.25, 0.3) is 0 Å². The molecular formula is C20H22O7. The van der Waals surface area contributed by atoms with Gasteiger partial charge in [-0.1, -0.05) is 12.2 Å². The highest BCUT2D eigenvalue weighted by Gasteiger charge is 2.72. The predicted molar refractivity (Wildman–Crippen MR) is 90.9 cm³/mol. The lowest BCUT2D eigenvalue weighted by Gasteiger charge is -2.62. The maximum atomic E-state index is 12.5. The number of rotatable bonds is 3. The summed E-state index contributed by atoms with van der Waals surface area (Å²) in [6.07, 6.45) is 2.05. The van der Waals surface area contributed by atoms with Crippen molar-refractivity contribution in [2.75, 3.05) is 6.61 Å². The summed E-state index contributed by atoms with van der Waals surface area (Å²) in [5.41, 5.74) is -0.0342. The first kappa shape index (κ1) is 17.2. The second-order valence-corrected chi connectivity index (χ2v) is 8.16. The molecule has 2 bridgehead atoms. The first-order valence-corrected chi connectivity index (χ1v) is 9.19. The minimum Gasteiger partial charge on any atom is -0.472 e. The Morgan fingerprint density at radius 2 is 2.19 bits per heavy atom. The van der Waals surface area contributed by atoms with Crippen molar-refractivity contribution in [3.05, 3.63) is 48.0 Å². The molecule has 2 aliphatic carbocycles. The van der Waals surface area contributed by atoms with Gasteiger partial charge in [-0.25, -0.2) is 4.79 Å². The fraction of sp³-hybridized carbons (Fsp3) is 0.550. The second kappa shape index (κ2) is 5.54. The summed E-state index contributed by atoms with van der Waals surface area (Å²) < 4.78 is 16.5. The third-order valence-corrected chi connectivity index (χ3v) is 7.09. The molecule has 0 unspecified atom stereocenters. The molecule has 1 saturated carbocycles. The number of aliphatic hydroxyl groups is 3. The van der Waals surface area contributed by atoms with E-state index in [-0.39, 0.29) is 18.9 Å². The highest BCUT2D eigenvalue weighted by Crippen LogP contribution is 2.68. The Kier molecular flexibility index (Phi) is 3.53. The lowest BCUT2D eigenvalue weighted by Crippen LogP contribution is -2.66. The number of ether oxygens (including phenoxy) is 2. The fourth-order valence-electron chi connectivity index (χ4n) is 5.84. The van der Waals surface area contributed by atoms with Crippen molar-refractivity contribution in [1.82, 2.24) is 0 Å². The van der Waals surface area contributed by atoms with Crippen molar-refractivity contribution < 1.29 is 34.0 Å². The second-order valence-electron chi connectivity index (χ2n) is 8.16. The Labute approximate surface area is 155 Å². The van der Waals surface area contributed by atoms with E-state index in [2.05, 4.69) is 6.58 Å². The van der Waals surface area contributed by atoms with Gasteiger partial charge in [0.05, 0.1) is 36.8 Å². The standard InChI is InChI=1S/C20H22O7/c1-10-4-16-20-9-26-18(24)19(10,7-14(22)11-2-3-25-8-11)15(20)6-12(21)5-13(20)17(23)27-16/h2-3,5,8,12,14-16,18,21-22,24H,1,4,6-7,9H2/t12-,14-,15-,16-,18+,19-,20+/m1/s1. The summed E-state index contributed by atoms with van der Waals surface area (Å²) in [4.78, 5) is 12.5. The molecule has 4 aliphatic rings. The van der Waals surface area contributed by atoms with Gasteiger partial charge in [0.15, 0.2) is 6.29 Å². The van der Waals surface area contributed by atoms with Crippen molar-refractivity contribution in [1.29, 1.82) is 0 Å². The molecular weight excluding hydrogens is 352 g/mol. The average Bonchev–Trinajstić information content (AvgIpc) is 3.24. The summed E-state index contributed by atoms with van der Waals surface area (Å²) >= 11 is 0. The van der Waals surface area contributed by atoms with E-state index in [0.29, 0.717) is 29.6 Å². The normalized spacial score (nSPS) is 43.7. The zero-order chi connectivity index (χ0) is 19.0. The first-order valence-electron chi connectivity index (χ1n) is 9.19. The van der Waals surface area contributed by atoms with E-state index in [9.17, 15) is 20.1 Å². The molecule has 3 heterocycles. The molecule has 1 aromatic rings. The molecule has 0 amide bonds. The molecule has 7 heteroatoms. The lowest BCUT2D eigenvalue weighted by atomic mass is 9.45. The minimum atomic E-state index is -1.19. The highest BCUT2D eigenvalue weighted by atomic mass is 16.6. The molecule has 144 valence electrons. The summed E-state index contributed by atoms with van der Waals surface area (Å²) in [6, 6.07) is 1.67. The van der Waals surface area contributed by atoms with Crippen molar-refractivity contribution >= 4 is 5.97 Å². The van der Waals surface area contributed by atoms with Crippen LogP contribution in [0.25, 0.3) is 0 Å². The zero-order valence-corrected chi connectivity index (χ0v) is 14.7. The van der Waals surface area contributed by atoms with Crippen LogP contribution in [0.3, 0.4) is 0 Å². The highest BCUT2D eigenvalue weighted by molar-refractivity contribution is 5.93. The Hall–Kier alpha value is -1.93. The quantitative estimate of drug-likeness (QED) is 0.539. The van der Waals surface area contributed by atoms with Crippen LogP contribution in [-0.4, -0.2) is 46.4 Å². The van der Waals surface area contributed by atoms with Gasteiger partial charge in [0, 0.05) is 23.0 Å². The SMILES string of the molecule is C=C1C[C@H]2OC(=O)C3=C[C@@H](O)C[C@H]4[C@]32CO[C@H](O)[C@]14C[C@@H](O)c1ccoc1. The number of carbonyl (C=O) groups excluding carboxylic acids is 1. The van der Waals surface area contributed by atoms with Gasteiger partial charge >= 0.3 is 5.97 Å². The molecule has 1 aromatic heterocycles. The van der Waals surface area contributed by atoms with Crippen LogP contribution in [0, 0.1) is 16.7 Å². The summed E-state index contributed by atoms with van der Waals surface area (Å²) in [6.45, 7) is 4.32. The average molecular weight is 374 g/mol. The molecule has 7 atom stereocenters.